The molecule has 150 valence electrons. The summed E-state index contributed by atoms with van der Waals surface area (Å²) in [7, 11) is 0. The number of carbonyl (C=O) groups excluding carboxylic acids is 2. The molecule has 0 N–H and O–H groups in total. The van der Waals surface area contributed by atoms with E-state index in [9.17, 15) is 9.59 Å². The van der Waals surface area contributed by atoms with Gasteiger partial charge in [-0.1, -0.05) is 28.1 Å². The van der Waals surface area contributed by atoms with Crippen molar-refractivity contribution in [2.45, 2.75) is 25.4 Å². The van der Waals surface area contributed by atoms with Crippen molar-refractivity contribution >= 4 is 33.4 Å². The van der Waals surface area contributed by atoms with E-state index >= 15 is 0 Å². The maximum absolute atomic E-state index is 13.5. The second-order valence-electron chi connectivity index (χ2n) is 7.59. The van der Waals surface area contributed by atoms with Crippen LogP contribution in [0.3, 0.4) is 0 Å². The first-order valence-electron chi connectivity index (χ1n) is 9.99. The lowest BCUT2D eigenvalue weighted by Crippen LogP contribution is -2.44. The number of fused-ring (bicyclic) bond motifs is 3. The lowest BCUT2D eigenvalue weighted by Gasteiger charge is -2.29. The summed E-state index contributed by atoms with van der Waals surface area (Å²) in [5, 5.41) is 4.34. The number of hydrogen-bond donors (Lipinski definition) is 0. The lowest BCUT2D eigenvalue weighted by atomic mass is 9.90. The Morgan fingerprint density at radius 2 is 1.59 bits per heavy atom. The van der Waals surface area contributed by atoms with Gasteiger partial charge in [-0.2, -0.15) is 0 Å². The smallest absolute Gasteiger partial charge is 0.253 e. The molecule has 7 heteroatoms. The molecule has 5 rings (SSSR count). The van der Waals surface area contributed by atoms with E-state index in [-0.39, 0.29) is 17.9 Å². The van der Waals surface area contributed by atoms with Crippen LogP contribution in [0, 0.1) is 5.92 Å². The van der Waals surface area contributed by atoms with Gasteiger partial charge in [-0.05, 0) is 55.3 Å². The van der Waals surface area contributed by atoms with Gasteiger partial charge in [0.1, 0.15) is 11.8 Å². The average Bonchev–Trinajstić information content (AvgIpc) is 3.36. The molecule has 3 aliphatic rings. The molecular formula is C22H22BrN3O3. The third-order valence-electron chi connectivity index (χ3n) is 6.02. The molecule has 3 atom stereocenters. The van der Waals surface area contributed by atoms with Gasteiger partial charge in [-0.15, -0.1) is 0 Å². The zero-order valence-electron chi connectivity index (χ0n) is 16.1. The second kappa shape index (κ2) is 7.23. The minimum absolute atomic E-state index is 0.111. The highest BCUT2D eigenvalue weighted by Gasteiger charge is 2.62. The summed E-state index contributed by atoms with van der Waals surface area (Å²) in [6.45, 7) is 4.18. The van der Waals surface area contributed by atoms with Crippen molar-refractivity contribution in [1.82, 2.24) is 10.0 Å². The molecule has 6 nitrogen and oxygen atoms in total. The number of amides is 2. The molecule has 0 aliphatic carbocycles. The lowest BCUT2D eigenvalue weighted by molar-refractivity contribution is -0.126. The first-order valence-corrected chi connectivity index (χ1v) is 10.8. The molecule has 3 unspecified atom stereocenters. The number of hydrazine groups is 1. The quantitative estimate of drug-likeness (QED) is 0.661. The van der Waals surface area contributed by atoms with Crippen LogP contribution >= 0.6 is 15.9 Å². The Bertz CT molecular complexity index is 947. The highest BCUT2D eigenvalue weighted by atomic mass is 79.9. The molecule has 0 bridgehead atoms. The van der Waals surface area contributed by atoms with E-state index in [4.69, 9.17) is 4.74 Å². The van der Waals surface area contributed by atoms with Crippen molar-refractivity contribution < 1.29 is 14.3 Å². The minimum Gasteiger partial charge on any atom is -0.494 e. The number of rotatable bonds is 4. The Hall–Kier alpha value is -2.22. The van der Waals surface area contributed by atoms with Crippen LogP contribution in [0.2, 0.25) is 0 Å². The number of benzene rings is 2. The molecule has 3 heterocycles. The van der Waals surface area contributed by atoms with Crippen molar-refractivity contribution in [3.63, 3.8) is 0 Å². The van der Waals surface area contributed by atoms with Gasteiger partial charge in [0, 0.05) is 17.6 Å². The van der Waals surface area contributed by atoms with E-state index in [0.29, 0.717) is 12.3 Å². The molecule has 3 saturated heterocycles. The summed E-state index contributed by atoms with van der Waals surface area (Å²) in [5.41, 5.74) is 1.68. The summed E-state index contributed by atoms with van der Waals surface area (Å²) in [5.74, 6) is 0.0895. The fraction of sp³-hybridized carbons (Fsp3) is 0.364. The van der Waals surface area contributed by atoms with E-state index < -0.39 is 12.0 Å². The standard InChI is InChI=1S/C22H22BrN3O3/c1-2-29-17-10-8-16(9-11-17)26-21(27)18-19(14-4-6-15(23)7-5-14)24-12-3-13-25(24)20(18)22(26)28/h4-11,18-20H,2-3,12-13H2,1H3. The number of carbonyl (C=O) groups is 2. The van der Waals surface area contributed by atoms with Crippen LogP contribution in [-0.4, -0.2) is 47.6 Å². The maximum atomic E-state index is 13.5. The van der Waals surface area contributed by atoms with Gasteiger partial charge in [0.25, 0.3) is 5.91 Å². The van der Waals surface area contributed by atoms with Crippen molar-refractivity contribution in [3.8, 4) is 5.75 Å². The minimum atomic E-state index is -0.426. The fourth-order valence-electron chi connectivity index (χ4n) is 4.89. The van der Waals surface area contributed by atoms with Gasteiger partial charge in [0.05, 0.1) is 24.3 Å². The summed E-state index contributed by atoms with van der Waals surface area (Å²) in [4.78, 5) is 28.2. The summed E-state index contributed by atoms with van der Waals surface area (Å²) >= 11 is 3.48. The predicted molar refractivity (Wildman–Crippen MR) is 112 cm³/mol. The highest BCUT2D eigenvalue weighted by Crippen LogP contribution is 2.49. The molecule has 2 aromatic carbocycles. The molecule has 2 aromatic rings. The van der Waals surface area contributed by atoms with Crippen LogP contribution in [0.5, 0.6) is 5.75 Å². The third kappa shape index (κ3) is 2.91. The SMILES string of the molecule is CCOc1ccc(N2C(=O)C3C(C2=O)N2CCCN2C3c2ccc(Br)cc2)cc1. The Kier molecular flexibility index (Phi) is 4.69. The molecule has 0 spiro atoms. The van der Waals surface area contributed by atoms with Gasteiger partial charge < -0.3 is 4.74 Å². The van der Waals surface area contributed by atoms with Gasteiger partial charge in [-0.25, -0.2) is 14.9 Å². The van der Waals surface area contributed by atoms with E-state index in [2.05, 4.69) is 25.9 Å². The molecule has 3 aliphatic heterocycles. The summed E-state index contributed by atoms with van der Waals surface area (Å²) < 4.78 is 6.48. The molecule has 0 aromatic heterocycles. The highest BCUT2D eigenvalue weighted by molar-refractivity contribution is 9.10. The number of imide groups is 1. The van der Waals surface area contributed by atoms with Crippen molar-refractivity contribution in [2.75, 3.05) is 24.6 Å². The van der Waals surface area contributed by atoms with Crippen LogP contribution in [0.1, 0.15) is 24.9 Å². The normalized spacial score (nSPS) is 26.8. The Labute approximate surface area is 178 Å². The van der Waals surface area contributed by atoms with E-state index in [1.807, 2.05) is 43.3 Å². The second-order valence-corrected chi connectivity index (χ2v) is 8.50. The van der Waals surface area contributed by atoms with E-state index in [1.165, 1.54) is 4.90 Å². The van der Waals surface area contributed by atoms with E-state index in [0.717, 1.165) is 35.3 Å². The number of ether oxygens (including phenoxy) is 1. The molecular weight excluding hydrogens is 434 g/mol. The Balaban J connectivity index is 1.51. The van der Waals surface area contributed by atoms with Crippen molar-refractivity contribution in [1.29, 1.82) is 0 Å². The largest absolute Gasteiger partial charge is 0.494 e. The number of anilines is 1. The van der Waals surface area contributed by atoms with Crippen LogP contribution in [0.25, 0.3) is 0 Å². The Morgan fingerprint density at radius 1 is 0.931 bits per heavy atom. The van der Waals surface area contributed by atoms with Crippen LogP contribution < -0.4 is 9.64 Å². The molecule has 2 amide bonds. The van der Waals surface area contributed by atoms with Gasteiger partial charge in [0.15, 0.2) is 0 Å². The number of halogens is 1. The average molecular weight is 456 g/mol. The van der Waals surface area contributed by atoms with Crippen LogP contribution in [-0.2, 0) is 9.59 Å². The number of hydrogen-bond acceptors (Lipinski definition) is 5. The Morgan fingerprint density at radius 3 is 2.24 bits per heavy atom. The van der Waals surface area contributed by atoms with Crippen LogP contribution in [0.15, 0.2) is 53.0 Å². The maximum Gasteiger partial charge on any atom is 0.253 e. The topological polar surface area (TPSA) is 53.1 Å². The molecule has 29 heavy (non-hydrogen) atoms. The van der Waals surface area contributed by atoms with Gasteiger partial charge in [0.2, 0.25) is 5.91 Å². The summed E-state index contributed by atoms with van der Waals surface area (Å²) in [6.07, 6.45) is 1.00. The first-order chi connectivity index (χ1) is 14.1. The fourth-order valence-corrected chi connectivity index (χ4v) is 5.15. The van der Waals surface area contributed by atoms with Crippen molar-refractivity contribution in [2.24, 2.45) is 5.92 Å². The third-order valence-corrected chi connectivity index (χ3v) is 6.55. The molecule has 0 radical (unpaired) electrons. The zero-order valence-corrected chi connectivity index (χ0v) is 17.7. The van der Waals surface area contributed by atoms with Gasteiger partial charge >= 0.3 is 0 Å². The monoisotopic (exact) mass is 455 g/mol. The summed E-state index contributed by atoms with van der Waals surface area (Å²) in [6, 6.07) is 14.7. The predicted octanol–water partition coefficient (Wildman–Crippen LogP) is 3.38. The zero-order chi connectivity index (χ0) is 20.1. The molecule has 0 saturated carbocycles. The van der Waals surface area contributed by atoms with Crippen LogP contribution in [0.4, 0.5) is 5.69 Å². The molecule has 3 fully saturated rings. The van der Waals surface area contributed by atoms with Crippen molar-refractivity contribution in [3.05, 3.63) is 58.6 Å². The number of nitrogens with zero attached hydrogens (tertiary/aromatic N) is 3. The first kappa shape index (κ1) is 18.8. The van der Waals surface area contributed by atoms with E-state index in [1.54, 1.807) is 12.1 Å². The van der Waals surface area contributed by atoms with Gasteiger partial charge in [-0.3, -0.25) is 9.59 Å².